The van der Waals surface area contributed by atoms with Crippen LogP contribution in [-0.4, -0.2) is 37.1 Å². The van der Waals surface area contributed by atoms with Crippen LogP contribution in [0, 0.1) is 6.92 Å². The number of carbonyl (C=O) groups excluding carboxylic acids is 2. The van der Waals surface area contributed by atoms with Crippen molar-refractivity contribution in [2.24, 2.45) is 0 Å². The number of aromatic amines is 1. The third kappa shape index (κ3) is 4.09. The average molecular weight is 372 g/mol. The highest BCUT2D eigenvalue weighted by molar-refractivity contribution is 7.99. The molecule has 1 aromatic carbocycles. The molecule has 9 nitrogen and oxygen atoms in total. The summed E-state index contributed by atoms with van der Waals surface area (Å²) in [6.07, 6.45) is 0. The molecular formula is C16H16N6O3S. The zero-order chi connectivity index (χ0) is 18.7. The standard InChI is InChI=1S/C16H16N6O3S/c1-9-7-13(24)19-15-20-21-16(22(9)15)26-8-14(25)18-12-5-3-11(4-6-12)17-10(2)23/h3-7H,8H2,1-2H3,(H,17,23)(H,18,25)(H,19,20,24). The van der Waals surface area contributed by atoms with Crippen LogP contribution in [0.2, 0.25) is 0 Å². The van der Waals surface area contributed by atoms with E-state index in [0.29, 0.717) is 28.0 Å². The lowest BCUT2D eigenvalue weighted by molar-refractivity contribution is -0.114. The van der Waals surface area contributed by atoms with Crippen LogP contribution in [0.3, 0.4) is 0 Å². The number of hydrogen-bond acceptors (Lipinski definition) is 6. The summed E-state index contributed by atoms with van der Waals surface area (Å²) in [5, 5.41) is 13.9. The molecule has 0 atom stereocenters. The van der Waals surface area contributed by atoms with Crippen LogP contribution in [0.25, 0.3) is 5.78 Å². The average Bonchev–Trinajstić information content (AvgIpc) is 2.97. The molecule has 3 N–H and O–H groups in total. The van der Waals surface area contributed by atoms with Gasteiger partial charge >= 0.3 is 0 Å². The van der Waals surface area contributed by atoms with Crippen molar-refractivity contribution in [1.82, 2.24) is 19.6 Å². The predicted octanol–water partition coefficient (Wildman–Crippen LogP) is 1.42. The number of amides is 2. The molecule has 2 heterocycles. The van der Waals surface area contributed by atoms with Crippen LogP contribution in [0.4, 0.5) is 11.4 Å². The van der Waals surface area contributed by atoms with Gasteiger partial charge in [0, 0.05) is 30.1 Å². The van der Waals surface area contributed by atoms with Crippen LogP contribution < -0.4 is 16.2 Å². The number of nitrogens with zero attached hydrogens (tertiary/aromatic N) is 3. The van der Waals surface area contributed by atoms with E-state index >= 15 is 0 Å². The van der Waals surface area contributed by atoms with Gasteiger partial charge in [0.05, 0.1) is 5.75 Å². The van der Waals surface area contributed by atoms with Gasteiger partial charge in [-0.25, -0.2) is 0 Å². The lowest BCUT2D eigenvalue weighted by Gasteiger charge is -2.07. The number of benzene rings is 1. The Kier molecular flexibility index (Phi) is 5.03. The van der Waals surface area contributed by atoms with Gasteiger partial charge < -0.3 is 10.6 Å². The first-order valence-corrected chi connectivity index (χ1v) is 8.66. The van der Waals surface area contributed by atoms with Crippen molar-refractivity contribution in [2.45, 2.75) is 19.0 Å². The predicted molar refractivity (Wildman–Crippen MR) is 98.4 cm³/mol. The van der Waals surface area contributed by atoms with Gasteiger partial charge in [-0.05, 0) is 31.2 Å². The Balaban J connectivity index is 1.62. The summed E-state index contributed by atoms with van der Waals surface area (Å²) < 4.78 is 1.68. The monoisotopic (exact) mass is 372 g/mol. The van der Waals surface area contributed by atoms with Gasteiger partial charge in [0.15, 0.2) is 5.16 Å². The van der Waals surface area contributed by atoms with Gasteiger partial charge in [-0.2, -0.15) is 0 Å². The van der Waals surface area contributed by atoms with Crippen molar-refractivity contribution in [2.75, 3.05) is 16.4 Å². The van der Waals surface area contributed by atoms with E-state index in [-0.39, 0.29) is 23.1 Å². The molecule has 10 heteroatoms. The first-order chi connectivity index (χ1) is 12.4. The number of hydrogen-bond donors (Lipinski definition) is 3. The van der Waals surface area contributed by atoms with E-state index < -0.39 is 0 Å². The van der Waals surface area contributed by atoms with Crippen LogP contribution in [0.1, 0.15) is 12.6 Å². The zero-order valence-corrected chi connectivity index (χ0v) is 14.9. The summed E-state index contributed by atoms with van der Waals surface area (Å²) in [6, 6.07) is 8.26. The molecule has 3 aromatic rings. The third-order valence-electron chi connectivity index (χ3n) is 3.38. The van der Waals surface area contributed by atoms with E-state index in [0.717, 1.165) is 0 Å². The van der Waals surface area contributed by atoms with Gasteiger partial charge in [0.25, 0.3) is 5.56 Å². The van der Waals surface area contributed by atoms with E-state index in [9.17, 15) is 14.4 Å². The van der Waals surface area contributed by atoms with Crippen molar-refractivity contribution in [3.63, 3.8) is 0 Å². The van der Waals surface area contributed by atoms with Gasteiger partial charge in [-0.1, -0.05) is 11.8 Å². The third-order valence-corrected chi connectivity index (χ3v) is 4.31. The fraction of sp³-hybridized carbons (Fsp3) is 0.188. The Morgan fingerprint density at radius 3 is 2.46 bits per heavy atom. The molecule has 26 heavy (non-hydrogen) atoms. The molecule has 3 rings (SSSR count). The maximum atomic E-state index is 12.1. The summed E-state index contributed by atoms with van der Waals surface area (Å²) in [4.78, 5) is 37.1. The number of H-pyrrole nitrogens is 1. The molecule has 0 saturated carbocycles. The van der Waals surface area contributed by atoms with E-state index in [4.69, 9.17) is 0 Å². The summed E-state index contributed by atoms with van der Waals surface area (Å²) in [5.74, 6) is 0.107. The Morgan fingerprint density at radius 2 is 1.81 bits per heavy atom. The lowest BCUT2D eigenvalue weighted by atomic mass is 10.3. The number of aryl methyl sites for hydroxylation is 1. The van der Waals surface area contributed by atoms with Crippen LogP contribution in [0.15, 0.2) is 40.3 Å². The Bertz CT molecular complexity index is 1020. The molecule has 0 unspecified atom stereocenters. The van der Waals surface area contributed by atoms with Gasteiger partial charge in [-0.15, -0.1) is 10.2 Å². The lowest BCUT2D eigenvalue weighted by Crippen LogP contribution is -2.15. The van der Waals surface area contributed by atoms with Crippen molar-refractivity contribution < 1.29 is 9.59 Å². The smallest absolute Gasteiger partial charge is 0.252 e. The van der Waals surface area contributed by atoms with Crippen LogP contribution in [0.5, 0.6) is 0 Å². The molecule has 2 amide bonds. The number of fused-ring (bicyclic) bond motifs is 1. The quantitative estimate of drug-likeness (QED) is 0.582. The SMILES string of the molecule is CC(=O)Nc1ccc(NC(=O)CSc2nnc3[nH]c(=O)cc(C)n23)cc1. The summed E-state index contributed by atoms with van der Waals surface area (Å²) >= 11 is 1.21. The first kappa shape index (κ1) is 17.7. The minimum absolute atomic E-state index is 0.132. The molecule has 0 aliphatic heterocycles. The number of thioether (sulfide) groups is 1. The number of carbonyl (C=O) groups is 2. The van der Waals surface area contributed by atoms with Crippen molar-refractivity contribution in [3.8, 4) is 0 Å². The van der Waals surface area contributed by atoms with Gasteiger partial charge in [0.1, 0.15) is 0 Å². The number of rotatable bonds is 5. The summed E-state index contributed by atoms with van der Waals surface area (Å²) in [7, 11) is 0. The second-order valence-corrected chi connectivity index (χ2v) is 6.45. The Labute approximate surface area is 152 Å². The van der Waals surface area contributed by atoms with E-state index in [1.807, 2.05) is 0 Å². The maximum absolute atomic E-state index is 12.1. The molecular weight excluding hydrogens is 356 g/mol. The van der Waals surface area contributed by atoms with Gasteiger partial charge in [0.2, 0.25) is 17.6 Å². The molecule has 0 aliphatic rings. The first-order valence-electron chi connectivity index (χ1n) is 7.68. The minimum atomic E-state index is -0.251. The van der Waals surface area contributed by atoms with Gasteiger partial charge in [-0.3, -0.25) is 23.8 Å². The van der Waals surface area contributed by atoms with Crippen LogP contribution in [-0.2, 0) is 9.59 Å². The molecule has 134 valence electrons. The molecule has 0 radical (unpaired) electrons. The molecule has 0 bridgehead atoms. The molecule has 0 fully saturated rings. The highest BCUT2D eigenvalue weighted by Gasteiger charge is 2.12. The molecule has 0 aliphatic carbocycles. The van der Waals surface area contributed by atoms with E-state index in [1.165, 1.54) is 24.8 Å². The largest absolute Gasteiger partial charge is 0.326 e. The number of nitrogens with one attached hydrogen (secondary N) is 3. The highest BCUT2D eigenvalue weighted by atomic mass is 32.2. The van der Waals surface area contributed by atoms with Crippen molar-refractivity contribution in [3.05, 3.63) is 46.4 Å². The molecule has 2 aromatic heterocycles. The summed E-state index contributed by atoms with van der Waals surface area (Å²) in [6.45, 7) is 3.20. The number of aromatic nitrogens is 4. The minimum Gasteiger partial charge on any atom is -0.326 e. The number of anilines is 2. The summed E-state index contributed by atoms with van der Waals surface area (Å²) in [5.41, 5.74) is 1.71. The Morgan fingerprint density at radius 1 is 1.15 bits per heavy atom. The van der Waals surface area contributed by atoms with E-state index in [2.05, 4.69) is 25.8 Å². The zero-order valence-electron chi connectivity index (χ0n) is 14.1. The topological polar surface area (TPSA) is 121 Å². The normalized spacial score (nSPS) is 10.7. The molecule has 0 saturated heterocycles. The van der Waals surface area contributed by atoms with Crippen molar-refractivity contribution in [1.29, 1.82) is 0 Å². The molecule has 0 spiro atoms. The second-order valence-electron chi connectivity index (χ2n) is 5.51. The van der Waals surface area contributed by atoms with Crippen molar-refractivity contribution >= 4 is 40.7 Å². The Hall–Kier alpha value is -3.14. The fourth-order valence-corrected chi connectivity index (χ4v) is 3.12. The maximum Gasteiger partial charge on any atom is 0.252 e. The highest BCUT2D eigenvalue weighted by Crippen LogP contribution is 2.18. The van der Waals surface area contributed by atoms with Crippen LogP contribution >= 0.6 is 11.8 Å². The van der Waals surface area contributed by atoms with E-state index in [1.54, 1.807) is 35.6 Å². The second kappa shape index (κ2) is 7.40. The fourth-order valence-electron chi connectivity index (χ4n) is 2.33.